The van der Waals surface area contributed by atoms with Gasteiger partial charge in [-0.1, -0.05) is 38.2 Å². The van der Waals surface area contributed by atoms with Crippen LogP contribution in [0.3, 0.4) is 0 Å². The topological polar surface area (TPSA) is 153 Å². The first kappa shape index (κ1) is 30.9. The number of fused-ring (bicyclic) bond motifs is 1. The van der Waals surface area contributed by atoms with Crippen molar-refractivity contribution in [3.63, 3.8) is 0 Å². The summed E-state index contributed by atoms with van der Waals surface area (Å²) < 4.78 is 37.8. The number of hydrogen-bond donors (Lipinski definition) is 3. The van der Waals surface area contributed by atoms with E-state index in [0.29, 0.717) is 55.5 Å². The van der Waals surface area contributed by atoms with Crippen LogP contribution in [0.2, 0.25) is 0 Å². The number of nitrogens with one attached hydrogen (secondary N) is 2. The van der Waals surface area contributed by atoms with Crippen molar-refractivity contribution in [1.29, 1.82) is 0 Å². The van der Waals surface area contributed by atoms with E-state index in [1.807, 2.05) is 6.07 Å². The monoisotopic (exact) mass is 633 g/mol. The summed E-state index contributed by atoms with van der Waals surface area (Å²) in [6.07, 6.45) is 11.1. The first-order valence-corrected chi connectivity index (χ1v) is 17.1. The van der Waals surface area contributed by atoms with Crippen LogP contribution in [0.4, 0.5) is 5.69 Å². The highest BCUT2D eigenvalue weighted by Crippen LogP contribution is 2.31. The Morgan fingerprint density at radius 1 is 1.02 bits per heavy atom. The second-order valence-electron chi connectivity index (χ2n) is 11.8. The van der Waals surface area contributed by atoms with Crippen LogP contribution in [0.25, 0.3) is 5.69 Å². The quantitative estimate of drug-likeness (QED) is 0.212. The fourth-order valence-electron chi connectivity index (χ4n) is 6.05. The zero-order chi connectivity index (χ0) is 31.2. The molecule has 1 aliphatic carbocycles. The molecule has 45 heavy (non-hydrogen) atoms. The molecule has 12 nitrogen and oxygen atoms in total. The summed E-state index contributed by atoms with van der Waals surface area (Å²) in [5, 5.41) is 21.7. The van der Waals surface area contributed by atoms with Crippen LogP contribution in [0.5, 0.6) is 5.75 Å². The van der Waals surface area contributed by atoms with Crippen LogP contribution in [-0.2, 0) is 23.0 Å². The SMILES string of the molecule is O=c1n(CCC2CCCCC2)nnn1-c1ccc(NS(=O)(=O)c2ccc3c(c2)CCC(CNCC(O)c2cccnc2)O3)cc1. The van der Waals surface area contributed by atoms with Gasteiger partial charge in [-0.2, -0.15) is 9.36 Å². The number of nitrogens with zero attached hydrogens (tertiary/aromatic N) is 5. The smallest absolute Gasteiger partial charge is 0.368 e. The van der Waals surface area contributed by atoms with Gasteiger partial charge in [-0.15, -0.1) is 0 Å². The lowest BCUT2D eigenvalue weighted by Gasteiger charge is -2.27. The van der Waals surface area contributed by atoms with Crippen molar-refractivity contribution in [2.75, 3.05) is 17.8 Å². The number of aryl methyl sites for hydroxylation is 2. The Bertz CT molecular complexity index is 1740. The second-order valence-corrected chi connectivity index (χ2v) is 13.5. The Balaban J connectivity index is 1.03. The van der Waals surface area contributed by atoms with Crippen molar-refractivity contribution in [3.05, 3.63) is 88.6 Å². The van der Waals surface area contributed by atoms with Crippen molar-refractivity contribution in [2.45, 2.75) is 75.0 Å². The molecule has 0 bridgehead atoms. The van der Waals surface area contributed by atoms with Crippen molar-refractivity contribution < 1.29 is 18.3 Å². The number of benzene rings is 2. The van der Waals surface area contributed by atoms with Gasteiger partial charge in [0.2, 0.25) is 0 Å². The first-order valence-electron chi connectivity index (χ1n) is 15.6. The second kappa shape index (κ2) is 13.9. The summed E-state index contributed by atoms with van der Waals surface area (Å²) in [4.78, 5) is 17.1. The fraction of sp³-hybridized carbons (Fsp3) is 0.438. The number of rotatable bonds is 12. The normalized spacial score (nSPS) is 17.8. The van der Waals surface area contributed by atoms with E-state index in [1.54, 1.807) is 54.9 Å². The standard InChI is InChI=1S/C32H39N7O5S/c40-30(25-7-4-17-33-20-25)22-34-21-28-13-8-24-19-29(14-15-31(24)44-28)45(42,43)35-26-9-11-27(12-10-26)39-32(41)38(36-37-39)18-16-23-5-2-1-3-6-23/h4,7,9-12,14-15,17,19-20,23,28,30,34-35,40H,1-3,5-6,8,13,16,18,21-22H2. The molecule has 13 heteroatoms. The molecule has 3 N–H and O–H groups in total. The predicted octanol–water partition coefficient (Wildman–Crippen LogP) is 3.61. The fourth-order valence-corrected chi connectivity index (χ4v) is 7.15. The average molecular weight is 634 g/mol. The van der Waals surface area contributed by atoms with Gasteiger partial charge < -0.3 is 15.2 Å². The van der Waals surface area contributed by atoms with Gasteiger partial charge in [0.1, 0.15) is 11.9 Å². The third kappa shape index (κ3) is 7.60. The lowest BCUT2D eigenvalue weighted by molar-refractivity contribution is 0.146. The van der Waals surface area contributed by atoms with Gasteiger partial charge in [-0.05, 0) is 89.7 Å². The van der Waals surface area contributed by atoms with Gasteiger partial charge in [0.25, 0.3) is 10.0 Å². The molecule has 4 aromatic rings. The summed E-state index contributed by atoms with van der Waals surface area (Å²) >= 11 is 0. The third-order valence-corrected chi connectivity index (χ3v) is 10.0. The minimum Gasteiger partial charge on any atom is -0.489 e. The molecular formula is C32H39N7O5S. The largest absolute Gasteiger partial charge is 0.489 e. The Labute approximate surface area is 262 Å². The van der Waals surface area contributed by atoms with Crippen LogP contribution in [-0.4, -0.2) is 57.5 Å². The van der Waals surface area contributed by atoms with Gasteiger partial charge >= 0.3 is 5.69 Å². The summed E-state index contributed by atoms with van der Waals surface area (Å²) in [7, 11) is -3.86. The maximum Gasteiger partial charge on any atom is 0.368 e. The van der Waals surface area contributed by atoms with E-state index in [2.05, 4.69) is 25.4 Å². The molecule has 0 saturated heterocycles. The van der Waals surface area contributed by atoms with E-state index in [4.69, 9.17) is 4.74 Å². The number of aliphatic hydroxyl groups is 1. The number of anilines is 1. The lowest BCUT2D eigenvalue weighted by atomic mass is 9.87. The predicted molar refractivity (Wildman–Crippen MR) is 169 cm³/mol. The Kier molecular flexibility index (Phi) is 9.57. The lowest BCUT2D eigenvalue weighted by Crippen LogP contribution is -2.36. The number of aromatic nitrogens is 5. The van der Waals surface area contributed by atoms with Crippen LogP contribution in [0.1, 0.15) is 62.2 Å². The zero-order valence-electron chi connectivity index (χ0n) is 25.1. The number of tetrazole rings is 1. The van der Waals surface area contributed by atoms with Crippen molar-refractivity contribution in [3.8, 4) is 11.4 Å². The van der Waals surface area contributed by atoms with E-state index in [1.165, 1.54) is 47.5 Å². The summed E-state index contributed by atoms with van der Waals surface area (Å²) in [6.45, 7) is 1.47. The number of ether oxygens (including phenoxy) is 1. The zero-order valence-corrected chi connectivity index (χ0v) is 25.9. The highest BCUT2D eigenvalue weighted by molar-refractivity contribution is 7.92. The van der Waals surface area contributed by atoms with Crippen LogP contribution in [0, 0.1) is 5.92 Å². The van der Waals surface area contributed by atoms with Gasteiger partial charge in [-0.25, -0.2) is 13.2 Å². The van der Waals surface area contributed by atoms with Gasteiger partial charge in [0, 0.05) is 43.3 Å². The Morgan fingerprint density at radius 3 is 2.62 bits per heavy atom. The molecule has 2 aliphatic rings. The minimum absolute atomic E-state index is 0.0938. The molecule has 1 aliphatic heterocycles. The molecule has 0 radical (unpaired) electrons. The number of aliphatic hydroxyl groups excluding tert-OH is 1. The van der Waals surface area contributed by atoms with Crippen LogP contribution in [0.15, 0.2) is 76.7 Å². The molecule has 2 aromatic heterocycles. The van der Waals surface area contributed by atoms with E-state index in [0.717, 1.165) is 17.5 Å². The van der Waals surface area contributed by atoms with Crippen LogP contribution >= 0.6 is 0 Å². The minimum atomic E-state index is -3.86. The molecule has 2 aromatic carbocycles. The van der Waals surface area contributed by atoms with Crippen LogP contribution < -0.4 is 20.5 Å². The van der Waals surface area contributed by atoms with Gasteiger partial charge in [0.15, 0.2) is 0 Å². The summed E-state index contributed by atoms with van der Waals surface area (Å²) in [6, 6.07) is 15.0. The average Bonchev–Trinajstić information content (AvgIpc) is 3.44. The maximum absolute atomic E-state index is 13.2. The Morgan fingerprint density at radius 2 is 1.84 bits per heavy atom. The van der Waals surface area contributed by atoms with E-state index in [9.17, 15) is 18.3 Å². The first-order chi connectivity index (χ1) is 21.9. The Hall–Kier alpha value is -4.07. The number of hydrogen-bond acceptors (Lipinski definition) is 9. The summed E-state index contributed by atoms with van der Waals surface area (Å²) in [5.74, 6) is 1.29. The van der Waals surface area contributed by atoms with E-state index >= 15 is 0 Å². The molecule has 1 fully saturated rings. The molecule has 0 spiro atoms. The van der Waals surface area contributed by atoms with E-state index in [-0.39, 0.29) is 16.7 Å². The molecule has 238 valence electrons. The highest BCUT2D eigenvalue weighted by Gasteiger charge is 2.23. The van der Waals surface area contributed by atoms with E-state index < -0.39 is 16.1 Å². The molecular weight excluding hydrogens is 594 g/mol. The molecule has 1 saturated carbocycles. The molecule has 0 amide bonds. The third-order valence-electron chi connectivity index (χ3n) is 8.63. The number of sulfonamides is 1. The van der Waals surface area contributed by atoms with Gasteiger partial charge in [0.05, 0.1) is 16.7 Å². The number of pyridine rings is 1. The van der Waals surface area contributed by atoms with Crippen molar-refractivity contribution in [2.24, 2.45) is 5.92 Å². The van der Waals surface area contributed by atoms with Crippen molar-refractivity contribution >= 4 is 15.7 Å². The molecule has 2 unspecified atom stereocenters. The van der Waals surface area contributed by atoms with Gasteiger partial charge in [-0.3, -0.25) is 9.71 Å². The maximum atomic E-state index is 13.2. The molecule has 6 rings (SSSR count). The van der Waals surface area contributed by atoms with Crippen molar-refractivity contribution in [1.82, 2.24) is 30.1 Å². The molecule has 3 heterocycles. The highest BCUT2D eigenvalue weighted by atomic mass is 32.2. The summed E-state index contributed by atoms with van der Waals surface area (Å²) in [5.41, 5.74) is 2.14. The molecule has 2 atom stereocenters.